The van der Waals surface area contributed by atoms with Crippen LogP contribution in [0.2, 0.25) is 5.02 Å². The zero-order valence-electron chi connectivity index (χ0n) is 16.1. The summed E-state index contributed by atoms with van der Waals surface area (Å²) in [6.07, 6.45) is -4.62. The van der Waals surface area contributed by atoms with Gasteiger partial charge in [0.2, 0.25) is 5.82 Å². The van der Waals surface area contributed by atoms with E-state index in [4.69, 9.17) is 11.6 Å². The second kappa shape index (κ2) is 7.93. The van der Waals surface area contributed by atoms with Crippen molar-refractivity contribution in [3.8, 4) is 0 Å². The number of amides is 1. The maximum absolute atomic E-state index is 13.0. The summed E-state index contributed by atoms with van der Waals surface area (Å²) in [5.41, 5.74) is 0.297. The van der Waals surface area contributed by atoms with Gasteiger partial charge in [-0.2, -0.15) is 22.4 Å². The average molecular weight is 453 g/mol. The highest BCUT2D eigenvalue weighted by Gasteiger charge is 2.54. The van der Waals surface area contributed by atoms with Crippen LogP contribution in [-0.4, -0.2) is 38.0 Å². The Morgan fingerprint density at radius 3 is 2.45 bits per heavy atom. The summed E-state index contributed by atoms with van der Waals surface area (Å²) < 4.78 is 39.9. The van der Waals surface area contributed by atoms with Crippen molar-refractivity contribution in [3.63, 3.8) is 0 Å². The maximum atomic E-state index is 13.0. The third kappa shape index (κ3) is 3.88. The molecule has 1 amide bonds. The van der Waals surface area contributed by atoms with Crippen molar-refractivity contribution in [2.45, 2.75) is 31.6 Å². The third-order valence-corrected chi connectivity index (χ3v) is 5.87. The van der Waals surface area contributed by atoms with Gasteiger partial charge in [0.05, 0.1) is 18.7 Å². The molecule has 0 radical (unpaired) electrons. The lowest BCUT2D eigenvalue weighted by atomic mass is 10.1. The molecule has 0 bridgehead atoms. The van der Waals surface area contributed by atoms with Crippen molar-refractivity contribution in [1.82, 2.24) is 24.7 Å². The first-order valence-corrected chi connectivity index (χ1v) is 9.89. The molecule has 11 heteroatoms. The van der Waals surface area contributed by atoms with Gasteiger partial charge in [-0.25, -0.2) is 4.68 Å². The number of nitrogens with zero attached hydrogens (tertiary/aromatic N) is 5. The average Bonchev–Trinajstić information content (AvgIpc) is 3.36. The van der Waals surface area contributed by atoms with Gasteiger partial charge in [0.25, 0.3) is 0 Å². The molecule has 2 heterocycles. The fourth-order valence-corrected chi connectivity index (χ4v) is 4.25. The van der Waals surface area contributed by atoms with Crippen molar-refractivity contribution in [1.29, 1.82) is 0 Å². The molecule has 1 unspecified atom stereocenters. The monoisotopic (exact) mass is 452 g/mol. The van der Waals surface area contributed by atoms with Crippen molar-refractivity contribution < 1.29 is 23.1 Å². The van der Waals surface area contributed by atoms with Crippen LogP contribution in [0.3, 0.4) is 0 Å². The zero-order valence-corrected chi connectivity index (χ0v) is 16.9. The van der Waals surface area contributed by atoms with Gasteiger partial charge >= 0.3 is 12.3 Å². The van der Waals surface area contributed by atoms with Gasteiger partial charge in [0, 0.05) is 30.0 Å². The number of hydrogen-bond donors (Lipinski definition) is 1. The molecule has 7 nitrogen and oxygen atoms in total. The minimum atomic E-state index is -4.50. The predicted molar refractivity (Wildman–Crippen MR) is 106 cm³/mol. The molecule has 31 heavy (non-hydrogen) atoms. The van der Waals surface area contributed by atoms with Crippen LogP contribution in [0, 0.1) is 0 Å². The number of hydrogen-bond acceptors (Lipinski definition) is 4. The molecule has 2 aromatic carbocycles. The van der Waals surface area contributed by atoms with Gasteiger partial charge < -0.3 is 5.11 Å². The van der Waals surface area contributed by atoms with E-state index in [9.17, 15) is 23.1 Å². The highest BCUT2D eigenvalue weighted by atomic mass is 35.5. The first kappa shape index (κ1) is 21.3. The summed E-state index contributed by atoms with van der Waals surface area (Å²) in [6, 6.07) is 10.7. The van der Waals surface area contributed by atoms with Crippen LogP contribution in [-0.2, 0) is 12.7 Å². The van der Waals surface area contributed by atoms with E-state index in [0.717, 1.165) is 17.7 Å². The first-order chi connectivity index (χ1) is 14.7. The number of aromatic nitrogens is 4. The lowest BCUT2D eigenvalue weighted by Crippen LogP contribution is -2.53. The summed E-state index contributed by atoms with van der Waals surface area (Å²) in [4.78, 5) is 12.5. The molecule has 2 atom stereocenters. The van der Waals surface area contributed by atoms with Gasteiger partial charge in [0.1, 0.15) is 5.69 Å². The van der Waals surface area contributed by atoms with Crippen LogP contribution in [0.15, 0.2) is 48.5 Å². The molecule has 1 saturated heterocycles. The Morgan fingerprint density at radius 1 is 1.16 bits per heavy atom. The van der Waals surface area contributed by atoms with Gasteiger partial charge in [-0.3, -0.25) is 0 Å². The van der Waals surface area contributed by atoms with Crippen LogP contribution >= 0.6 is 11.6 Å². The Morgan fingerprint density at radius 2 is 1.84 bits per heavy atom. The smallest absolute Gasteiger partial charge is 0.435 e. The first-order valence-electron chi connectivity index (χ1n) is 9.51. The maximum Gasteiger partial charge on any atom is 0.519 e. The Bertz CT molecular complexity index is 1090. The van der Waals surface area contributed by atoms with Crippen LogP contribution in [0.25, 0.3) is 0 Å². The number of carboxylic acid groups (broad SMARTS) is 1. The Balaban J connectivity index is 1.72. The van der Waals surface area contributed by atoms with Crippen LogP contribution in [0.4, 0.5) is 23.7 Å². The predicted octanol–water partition coefficient (Wildman–Crippen LogP) is 4.91. The highest BCUT2D eigenvalue weighted by molar-refractivity contribution is 6.30. The molecule has 0 saturated carbocycles. The molecule has 4 rings (SSSR count). The number of likely N-dealkylation sites (tertiary alicyclic amines) is 1. The highest BCUT2D eigenvalue weighted by Crippen LogP contribution is 2.44. The second-order valence-electron chi connectivity index (χ2n) is 7.40. The van der Waals surface area contributed by atoms with Gasteiger partial charge in [-0.05, 0) is 40.3 Å². The van der Waals surface area contributed by atoms with E-state index in [1.54, 1.807) is 12.1 Å². The molecule has 0 spiro atoms. The van der Waals surface area contributed by atoms with E-state index in [1.807, 2.05) is 12.1 Å². The summed E-state index contributed by atoms with van der Waals surface area (Å²) >= 11 is 5.92. The lowest BCUT2D eigenvalue weighted by molar-refractivity contribution is -0.137. The molecule has 1 aliphatic heterocycles. The lowest BCUT2D eigenvalue weighted by Gasteiger charge is -2.33. The van der Waals surface area contributed by atoms with E-state index < -0.39 is 28.4 Å². The Hall–Kier alpha value is -2.98. The van der Waals surface area contributed by atoms with E-state index in [2.05, 4.69) is 15.5 Å². The van der Waals surface area contributed by atoms with Crippen molar-refractivity contribution in [2.24, 2.45) is 0 Å². The summed E-state index contributed by atoms with van der Waals surface area (Å²) in [6.45, 7) is 0.530. The molecule has 0 aliphatic carbocycles. The number of tetrazole rings is 1. The number of halogens is 4. The Labute approximate surface area is 180 Å². The SMILES string of the molecule is O=C(O)[N@+]1(c2ccc(C(F)(F)F)cc2)CCCC1c1nnnn1Cc1ccc(Cl)cc1. The van der Waals surface area contributed by atoms with Crippen LogP contribution in [0.1, 0.15) is 35.8 Å². The van der Waals surface area contributed by atoms with Crippen molar-refractivity contribution in [3.05, 3.63) is 70.5 Å². The largest absolute Gasteiger partial charge is 0.519 e. The number of quaternary nitrogens is 1. The van der Waals surface area contributed by atoms with Gasteiger partial charge in [-0.15, -0.1) is 5.10 Å². The van der Waals surface area contributed by atoms with E-state index in [-0.39, 0.29) is 12.2 Å². The summed E-state index contributed by atoms with van der Waals surface area (Å²) in [5, 5.41) is 22.6. The minimum Gasteiger partial charge on any atom is -0.435 e. The molecule has 1 N–H and O–H groups in total. The molecular formula is C20H18ClF3N5O2+. The second-order valence-corrected chi connectivity index (χ2v) is 7.84. The van der Waals surface area contributed by atoms with Crippen molar-refractivity contribution in [2.75, 3.05) is 6.54 Å². The number of alkyl halides is 3. The summed E-state index contributed by atoms with van der Waals surface area (Å²) in [7, 11) is 0. The Kier molecular flexibility index (Phi) is 5.44. The molecule has 1 aromatic heterocycles. The quantitative estimate of drug-likeness (QED) is 0.569. The van der Waals surface area contributed by atoms with E-state index in [0.29, 0.717) is 30.2 Å². The van der Waals surface area contributed by atoms with Crippen LogP contribution in [0.5, 0.6) is 0 Å². The van der Waals surface area contributed by atoms with E-state index in [1.165, 1.54) is 16.8 Å². The molecule has 1 fully saturated rings. The normalized spacial score (nSPS) is 21.4. The number of carbonyl (C=O) groups is 1. The van der Waals surface area contributed by atoms with E-state index >= 15 is 0 Å². The molecule has 3 aromatic rings. The number of rotatable bonds is 4. The fourth-order valence-electron chi connectivity index (χ4n) is 4.13. The topological polar surface area (TPSA) is 80.9 Å². The van der Waals surface area contributed by atoms with Gasteiger partial charge in [-0.1, -0.05) is 23.7 Å². The van der Waals surface area contributed by atoms with Crippen molar-refractivity contribution >= 4 is 23.4 Å². The third-order valence-electron chi connectivity index (χ3n) is 5.62. The molecular weight excluding hydrogens is 435 g/mol. The minimum absolute atomic E-state index is 0.221. The molecule has 162 valence electrons. The standard InChI is InChI=1S/C20H17ClF3N5O2/c21-15-7-3-13(4-8-15)12-28-18(25-26-27-28)17-2-1-11-29(17,19(30)31)16-9-5-14(6-10-16)20(22,23)24/h3-10,17H,1-2,11-12H2/p+1/t17?,29-/m0/s1. The van der Waals surface area contributed by atoms with Crippen LogP contribution < -0.4 is 4.48 Å². The fraction of sp³-hybridized carbons (Fsp3) is 0.300. The van der Waals surface area contributed by atoms with Gasteiger partial charge in [0.15, 0.2) is 6.04 Å². The summed E-state index contributed by atoms with van der Waals surface area (Å²) in [5.74, 6) is 0.370. The number of benzene rings is 2. The molecule has 1 aliphatic rings. The zero-order chi connectivity index (χ0) is 22.2.